The van der Waals surface area contributed by atoms with E-state index >= 15 is 0 Å². The molecule has 86 valence electrons. The highest BCUT2D eigenvalue weighted by Crippen LogP contribution is 2.22. The molecule has 1 fully saturated rings. The van der Waals surface area contributed by atoms with Crippen LogP contribution in [-0.2, 0) is 4.74 Å². The van der Waals surface area contributed by atoms with E-state index in [0.717, 1.165) is 25.9 Å². The molecular weight excluding hydrogens is 190 g/mol. The predicted molar refractivity (Wildman–Crippen MR) is 60.7 cm³/mol. The fourth-order valence-electron chi connectivity index (χ4n) is 1.58. The molecule has 0 aromatic heterocycles. The Bertz CT molecular complexity index is 236. The first kappa shape index (κ1) is 12.1. The molecule has 1 aliphatic heterocycles. The number of amides is 1. The Morgan fingerprint density at radius 1 is 1.53 bits per heavy atom. The number of rotatable bonds is 3. The fourth-order valence-corrected chi connectivity index (χ4v) is 1.58. The highest BCUT2D eigenvalue weighted by molar-refractivity contribution is 5.69. The lowest BCUT2D eigenvalue weighted by atomic mass is 9.95. The lowest BCUT2D eigenvalue weighted by Crippen LogP contribution is -2.51. The van der Waals surface area contributed by atoms with Crippen LogP contribution in [0.2, 0.25) is 0 Å². The van der Waals surface area contributed by atoms with Gasteiger partial charge in [-0.05, 0) is 39.5 Å². The van der Waals surface area contributed by atoms with Crippen LogP contribution in [0.1, 0.15) is 33.6 Å². The highest BCUT2D eigenvalue weighted by atomic mass is 16.6. The first-order valence-corrected chi connectivity index (χ1v) is 5.51. The van der Waals surface area contributed by atoms with Crippen molar-refractivity contribution in [3.05, 3.63) is 12.7 Å². The van der Waals surface area contributed by atoms with Crippen molar-refractivity contribution >= 4 is 6.09 Å². The Morgan fingerprint density at radius 3 is 2.60 bits per heavy atom. The van der Waals surface area contributed by atoms with Crippen molar-refractivity contribution in [3.8, 4) is 0 Å². The molecule has 1 saturated heterocycles. The van der Waals surface area contributed by atoms with E-state index in [9.17, 15) is 4.79 Å². The number of likely N-dealkylation sites (tertiary alicyclic amines) is 1. The summed E-state index contributed by atoms with van der Waals surface area (Å²) in [6.45, 7) is 11.0. The van der Waals surface area contributed by atoms with Crippen LogP contribution < -0.4 is 0 Å². The Morgan fingerprint density at radius 2 is 2.13 bits per heavy atom. The molecule has 3 nitrogen and oxygen atoms in total. The summed E-state index contributed by atoms with van der Waals surface area (Å²) in [7, 11) is 0. The van der Waals surface area contributed by atoms with Gasteiger partial charge in [0, 0.05) is 13.1 Å². The Balaban J connectivity index is 2.21. The molecule has 0 N–H and O–H groups in total. The predicted octanol–water partition coefficient (Wildman–Crippen LogP) is 2.82. The van der Waals surface area contributed by atoms with Gasteiger partial charge in [0.15, 0.2) is 0 Å². The van der Waals surface area contributed by atoms with Gasteiger partial charge in [0.2, 0.25) is 0 Å². The van der Waals surface area contributed by atoms with Crippen molar-refractivity contribution in [3.63, 3.8) is 0 Å². The van der Waals surface area contributed by atoms with Gasteiger partial charge in [0.25, 0.3) is 0 Å². The number of hydrogen-bond donors (Lipinski definition) is 0. The zero-order chi connectivity index (χ0) is 11.5. The van der Waals surface area contributed by atoms with Gasteiger partial charge in [-0.2, -0.15) is 0 Å². The van der Waals surface area contributed by atoms with Crippen LogP contribution in [0.15, 0.2) is 12.7 Å². The van der Waals surface area contributed by atoms with Crippen LogP contribution in [0.3, 0.4) is 0 Å². The van der Waals surface area contributed by atoms with E-state index in [1.165, 1.54) is 0 Å². The van der Waals surface area contributed by atoms with E-state index < -0.39 is 0 Å². The smallest absolute Gasteiger partial charge is 0.410 e. The minimum atomic E-state index is -0.386. The zero-order valence-electron chi connectivity index (χ0n) is 9.95. The molecule has 0 radical (unpaired) electrons. The van der Waals surface area contributed by atoms with Gasteiger partial charge in [-0.3, -0.25) is 0 Å². The van der Waals surface area contributed by atoms with E-state index in [4.69, 9.17) is 4.74 Å². The molecule has 0 atom stereocenters. The van der Waals surface area contributed by atoms with Crippen molar-refractivity contribution in [1.82, 2.24) is 4.90 Å². The monoisotopic (exact) mass is 211 g/mol. The maximum Gasteiger partial charge on any atom is 0.410 e. The Kier molecular flexibility index (Phi) is 3.77. The topological polar surface area (TPSA) is 29.5 Å². The molecule has 0 aromatic rings. The van der Waals surface area contributed by atoms with E-state index in [1.54, 1.807) is 4.90 Å². The molecule has 1 amide bonds. The van der Waals surface area contributed by atoms with E-state index in [2.05, 4.69) is 6.58 Å². The zero-order valence-corrected chi connectivity index (χ0v) is 9.95. The second-order valence-electron chi connectivity index (χ2n) is 5.12. The van der Waals surface area contributed by atoms with Gasteiger partial charge < -0.3 is 9.64 Å². The number of carbonyl (C=O) groups is 1. The van der Waals surface area contributed by atoms with Crippen molar-refractivity contribution in [2.45, 2.75) is 39.2 Å². The molecule has 0 aliphatic carbocycles. The van der Waals surface area contributed by atoms with Gasteiger partial charge in [0.1, 0.15) is 5.60 Å². The third kappa shape index (κ3) is 3.94. The molecule has 1 rings (SSSR count). The minimum Gasteiger partial charge on any atom is -0.444 e. The molecule has 15 heavy (non-hydrogen) atoms. The van der Waals surface area contributed by atoms with Crippen molar-refractivity contribution in [2.75, 3.05) is 13.1 Å². The van der Waals surface area contributed by atoms with Crippen LogP contribution in [-0.4, -0.2) is 29.7 Å². The molecule has 0 spiro atoms. The van der Waals surface area contributed by atoms with Gasteiger partial charge in [0.05, 0.1) is 0 Å². The fraction of sp³-hybridized carbons (Fsp3) is 0.750. The number of hydrogen-bond acceptors (Lipinski definition) is 2. The van der Waals surface area contributed by atoms with Crippen LogP contribution >= 0.6 is 0 Å². The number of allylic oxidation sites excluding steroid dienone is 1. The summed E-state index contributed by atoms with van der Waals surface area (Å²) >= 11 is 0. The normalized spacial score (nSPS) is 17.1. The summed E-state index contributed by atoms with van der Waals surface area (Å²) < 4.78 is 5.26. The standard InChI is InChI=1S/C12H21NO2/c1-5-6-7-10-8-13(9-10)11(14)15-12(2,3)4/h5,10H,1,6-9H2,2-4H3. The first-order chi connectivity index (χ1) is 6.92. The lowest BCUT2D eigenvalue weighted by molar-refractivity contribution is -0.00193. The average Bonchev–Trinajstić information content (AvgIpc) is 1.98. The summed E-state index contributed by atoms with van der Waals surface area (Å²) in [6.07, 6.45) is 3.91. The largest absolute Gasteiger partial charge is 0.444 e. The first-order valence-electron chi connectivity index (χ1n) is 5.51. The van der Waals surface area contributed by atoms with Gasteiger partial charge in [-0.15, -0.1) is 6.58 Å². The minimum absolute atomic E-state index is 0.183. The van der Waals surface area contributed by atoms with E-state index in [-0.39, 0.29) is 11.7 Å². The molecule has 0 bridgehead atoms. The molecule has 0 saturated carbocycles. The summed E-state index contributed by atoms with van der Waals surface area (Å²) in [5.74, 6) is 0.635. The molecule has 1 heterocycles. The molecular formula is C12H21NO2. The average molecular weight is 211 g/mol. The van der Waals surface area contributed by atoms with Crippen LogP contribution in [0, 0.1) is 5.92 Å². The molecule has 0 aromatic carbocycles. The quantitative estimate of drug-likeness (QED) is 0.672. The van der Waals surface area contributed by atoms with Gasteiger partial charge in [-0.1, -0.05) is 6.08 Å². The molecule has 0 unspecified atom stereocenters. The van der Waals surface area contributed by atoms with Crippen LogP contribution in [0.4, 0.5) is 4.79 Å². The number of ether oxygens (including phenoxy) is 1. The number of nitrogens with zero attached hydrogens (tertiary/aromatic N) is 1. The van der Waals surface area contributed by atoms with Gasteiger partial charge in [-0.25, -0.2) is 4.79 Å². The maximum absolute atomic E-state index is 11.5. The van der Waals surface area contributed by atoms with Crippen LogP contribution in [0.5, 0.6) is 0 Å². The van der Waals surface area contributed by atoms with Gasteiger partial charge >= 0.3 is 6.09 Å². The third-order valence-corrected chi connectivity index (χ3v) is 2.39. The third-order valence-electron chi connectivity index (χ3n) is 2.39. The summed E-state index contributed by atoms with van der Waals surface area (Å²) in [5, 5.41) is 0. The maximum atomic E-state index is 11.5. The lowest BCUT2D eigenvalue weighted by Gasteiger charge is -2.39. The summed E-state index contributed by atoms with van der Waals surface area (Å²) in [4.78, 5) is 13.3. The van der Waals surface area contributed by atoms with E-state index in [0.29, 0.717) is 5.92 Å². The Hall–Kier alpha value is -0.990. The molecule has 3 heteroatoms. The summed E-state index contributed by atoms with van der Waals surface area (Å²) in [6, 6.07) is 0. The molecule has 1 aliphatic rings. The SMILES string of the molecule is C=CCCC1CN(C(=O)OC(C)(C)C)C1. The van der Waals surface area contributed by atoms with E-state index in [1.807, 2.05) is 26.8 Å². The van der Waals surface area contributed by atoms with Crippen molar-refractivity contribution in [1.29, 1.82) is 0 Å². The highest BCUT2D eigenvalue weighted by Gasteiger charge is 2.32. The second-order valence-corrected chi connectivity index (χ2v) is 5.12. The van der Waals surface area contributed by atoms with Crippen molar-refractivity contribution in [2.24, 2.45) is 5.92 Å². The number of carbonyl (C=O) groups excluding carboxylic acids is 1. The Labute approximate surface area is 92.1 Å². The van der Waals surface area contributed by atoms with Crippen LogP contribution in [0.25, 0.3) is 0 Å². The summed E-state index contributed by atoms with van der Waals surface area (Å²) in [5.41, 5.74) is -0.386. The van der Waals surface area contributed by atoms with Crippen molar-refractivity contribution < 1.29 is 9.53 Å². The second kappa shape index (κ2) is 4.69.